The highest BCUT2D eigenvalue weighted by atomic mass is 19.3. The summed E-state index contributed by atoms with van der Waals surface area (Å²) in [4.78, 5) is 2.51. The highest BCUT2D eigenvalue weighted by Gasteiger charge is 2.38. The summed E-state index contributed by atoms with van der Waals surface area (Å²) in [7, 11) is 0. The van der Waals surface area contributed by atoms with E-state index in [1.807, 2.05) is 0 Å². The van der Waals surface area contributed by atoms with Crippen molar-refractivity contribution in [2.75, 3.05) is 32.7 Å². The van der Waals surface area contributed by atoms with Crippen LogP contribution in [0, 0.1) is 11.8 Å². The van der Waals surface area contributed by atoms with Gasteiger partial charge in [-0.15, -0.1) is 0 Å². The third-order valence-corrected chi connectivity index (χ3v) is 4.20. The molecule has 0 aromatic carbocycles. The molecule has 0 spiro atoms. The van der Waals surface area contributed by atoms with E-state index in [1.54, 1.807) is 0 Å². The summed E-state index contributed by atoms with van der Waals surface area (Å²) in [6, 6.07) is 0. The number of halogens is 2. The molecule has 106 valence electrons. The van der Waals surface area contributed by atoms with Gasteiger partial charge in [-0.3, -0.25) is 0 Å². The molecule has 18 heavy (non-hydrogen) atoms. The van der Waals surface area contributed by atoms with Crippen LogP contribution in [0.25, 0.3) is 0 Å². The van der Waals surface area contributed by atoms with E-state index in [9.17, 15) is 8.78 Å². The van der Waals surface area contributed by atoms with Crippen LogP contribution in [-0.4, -0.2) is 43.5 Å². The molecule has 2 aliphatic rings. The first-order chi connectivity index (χ1) is 8.55. The Kier molecular flexibility index (Phi) is 4.96. The van der Waals surface area contributed by atoms with Crippen molar-refractivity contribution in [3.63, 3.8) is 0 Å². The second-order valence-electron chi connectivity index (χ2n) is 6.24. The van der Waals surface area contributed by atoms with Gasteiger partial charge in [0.1, 0.15) is 0 Å². The van der Waals surface area contributed by atoms with E-state index >= 15 is 0 Å². The largest absolute Gasteiger partial charge is 0.316 e. The quantitative estimate of drug-likeness (QED) is 0.790. The summed E-state index contributed by atoms with van der Waals surface area (Å²) < 4.78 is 26.0. The topological polar surface area (TPSA) is 15.3 Å². The molecule has 4 heteroatoms. The lowest BCUT2D eigenvalue weighted by Gasteiger charge is -2.21. The molecule has 0 amide bonds. The maximum absolute atomic E-state index is 13.0. The van der Waals surface area contributed by atoms with Crippen molar-refractivity contribution in [1.82, 2.24) is 10.2 Å². The summed E-state index contributed by atoms with van der Waals surface area (Å²) in [6.07, 6.45) is 3.51. The summed E-state index contributed by atoms with van der Waals surface area (Å²) in [6.45, 7) is 7.58. The summed E-state index contributed by atoms with van der Waals surface area (Å²) in [5.74, 6) is -1.60. The smallest absolute Gasteiger partial charge is 0.248 e. The fourth-order valence-electron chi connectivity index (χ4n) is 3.22. The van der Waals surface area contributed by atoms with Gasteiger partial charge in [0.25, 0.3) is 0 Å². The standard InChI is InChI=1S/C14H26F2N2/c1-12(11-18-6-2-3-7-18)9-17-10-13-4-5-14(15,16)8-13/h12-13,17H,2-11H2,1H3. The molecule has 2 nitrogen and oxygen atoms in total. The Bertz CT molecular complexity index is 252. The molecule has 2 unspecified atom stereocenters. The third-order valence-electron chi connectivity index (χ3n) is 4.20. The number of nitrogens with one attached hydrogen (secondary N) is 1. The predicted octanol–water partition coefficient (Wildman–Crippen LogP) is 2.74. The fraction of sp³-hybridized carbons (Fsp3) is 1.00. The Hall–Kier alpha value is -0.220. The molecule has 2 atom stereocenters. The van der Waals surface area contributed by atoms with Crippen LogP contribution in [0.4, 0.5) is 8.78 Å². The molecule has 2 fully saturated rings. The van der Waals surface area contributed by atoms with Crippen LogP contribution in [0.2, 0.25) is 0 Å². The zero-order chi connectivity index (χ0) is 13.0. The van der Waals surface area contributed by atoms with Crippen molar-refractivity contribution in [2.45, 2.75) is 45.0 Å². The molecule has 1 heterocycles. The number of hydrogen-bond acceptors (Lipinski definition) is 2. The summed E-state index contributed by atoms with van der Waals surface area (Å²) in [5.41, 5.74) is 0. The molecule has 0 bridgehead atoms. The van der Waals surface area contributed by atoms with Crippen LogP contribution in [0.5, 0.6) is 0 Å². The first-order valence-electron chi connectivity index (χ1n) is 7.36. The molecule has 1 aliphatic carbocycles. The van der Waals surface area contributed by atoms with E-state index in [4.69, 9.17) is 0 Å². The van der Waals surface area contributed by atoms with Crippen molar-refractivity contribution in [3.8, 4) is 0 Å². The van der Waals surface area contributed by atoms with Crippen LogP contribution >= 0.6 is 0 Å². The molecule has 0 aromatic heterocycles. The van der Waals surface area contributed by atoms with Gasteiger partial charge in [0.05, 0.1) is 0 Å². The van der Waals surface area contributed by atoms with Crippen molar-refractivity contribution < 1.29 is 8.78 Å². The maximum atomic E-state index is 13.0. The maximum Gasteiger partial charge on any atom is 0.248 e. The van der Waals surface area contributed by atoms with Gasteiger partial charge in [0.2, 0.25) is 5.92 Å². The Morgan fingerprint density at radius 2 is 2.06 bits per heavy atom. The first-order valence-corrected chi connectivity index (χ1v) is 7.36. The van der Waals surface area contributed by atoms with Crippen molar-refractivity contribution >= 4 is 0 Å². The van der Waals surface area contributed by atoms with Gasteiger partial charge in [-0.2, -0.15) is 0 Å². The second-order valence-corrected chi connectivity index (χ2v) is 6.24. The fourth-order valence-corrected chi connectivity index (χ4v) is 3.22. The molecule has 1 saturated heterocycles. The van der Waals surface area contributed by atoms with Gasteiger partial charge >= 0.3 is 0 Å². The molecule has 1 saturated carbocycles. The van der Waals surface area contributed by atoms with E-state index in [1.165, 1.54) is 25.9 Å². The molecule has 0 aromatic rings. The highest BCUT2D eigenvalue weighted by molar-refractivity contribution is 4.82. The van der Waals surface area contributed by atoms with E-state index in [0.717, 1.165) is 19.6 Å². The summed E-state index contributed by atoms with van der Waals surface area (Å²) in [5, 5.41) is 3.38. The number of alkyl halides is 2. The molecular weight excluding hydrogens is 234 g/mol. The zero-order valence-electron chi connectivity index (χ0n) is 11.4. The lowest BCUT2D eigenvalue weighted by molar-refractivity contribution is 0.00506. The Morgan fingerprint density at radius 3 is 2.67 bits per heavy atom. The van der Waals surface area contributed by atoms with Crippen molar-refractivity contribution in [3.05, 3.63) is 0 Å². The van der Waals surface area contributed by atoms with E-state index in [0.29, 0.717) is 12.3 Å². The number of nitrogens with zero attached hydrogens (tertiary/aromatic N) is 1. The third kappa shape index (κ3) is 4.47. The second kappa shape index (κ2) is 6.29. The average Bonchev–Trinajstić information content (AvgIpc) is 2.88. The number of likely N-dealkylation sites (tertiary alicyclic amines) is 1. The minimum Gasteiger partial charge on any atom is -0.316 e. The molecular formula is C14H26F2N2. The SMILES string of the molecule is CC(CNCC1CCC(F)(F)C1)CN1CCCC1. The van der Waals surface area contributed by atoms with Gasteiger partial charge in [-0.05, 0) is 57.3 Å². The first kappa shape index (κ1) is 14.2. The van der Waals surface area contributed by atoms with Crippen LogP contribution in [-0.2, 0) is 0 Å². The molecule has 0 radical (unpaired) electrons. The lowest BCUT2D eigenvalue weighted by atomic mass is 10.1. The molecule has 2 rings (SSSR count). The minimum atomic E-state index is -2.40. The highest BCUT2D eigenvalue weighted by Crippen LogP contribution is 2.38. The number of rotatable bonds is 6. The Labute approximate surface area is 109 Å². The van der Waals surface area contributed by atoms with Crippen LogP contribution < -0.4 is 5.32 Å². The zero-order valence-corrected chi connectivity index (χ0v) is 11.4. The van der Waals surface area contributed by atoms with Gasteiger partial charge in [0.15, 0.2) is 0 Å². The Balaban J connectivity index is 1.55. The van der Waals surface area contributed by atoms with Gasteiger partial charge in [0, 0.05) is 19.4 Å². The molecule has 1 N–H and O–H groups in total. The van der Waals surface area contributed by atoms with Crippen LogP contribution in [0.3, 0.4) is 0 Å². The van der Waals surface area contributed by atoms with E-state index in [-0.39, 0.29) is 18.8 Å². The van der Waals surface area contributed by atoms with E-state index in [2.05, 4.69) is 17.1 Å². The van der Waals surface area contributed by atoms with Crippen LogP contribution in [0.1, 0.15) is 39.0 Å². The van der Waals surface area contributed by atoms with Gasteiger partial charge < -0.3 is 10.2 Å². The molecule has 1 aliphatic heterocycles. The lowest BCUT2D eigenvalue weighted by Crippen LogP contribution is -2.33. The van der Waals surface area contributed by atoms with Crippen molar-refractivity contribution in [2.24, 2.45) is 11.8 Å². The van der Waals surface area contributed by atoms with Gasteiger partial charge in [-0.25, -0.2) is 8.78 Å². The van der Waals surface area contributed by atoms with Gasteiger partial charge in [-0.1, -0.05) is 6.92 Å². The van der Waals surface area contributed by atoms with Crippen molar-refractivity contribution in [1.29, 1.82) is 0 Å². The number of hydrogen-bond donors (Lipinski definition) is 1. The van der Waals surface area contributed by atoms with E-state index < -0.39 is 5.92 Å². The average molecular weight is 260 g/mol. The Morgan fingerprint density at radius 1 is 1.33 bits per heavy atom. The monoisotopic (exact) mass is 260 g/mol. The predicted molar refractivity (Wildman–Crippen MR) is 70.0 cm³/mol. The normalized spacial score (nSPS) is 29.8. The van der Waals surface area contributed by atoms with Crippen LogP contribution in [0.15, 0.2) is 0 Å². The summed E-state index contributed by atoms with van der Waals surface area (Å²) >= 11 is 0. The minimum absolute atomic E-state index is 0.0838.